The van der Waals surface area contributed by atoms with Crippen molar-refractivity contribution in [2.75, 3.05) is 0 Å². The van der Waals surface area contributed by atoms with E-state index in [-0.39, 0.29) is 23.3 Å². The first-order valence-corrected chi connectivity index (χ1v) is 8.32. The van der Waals surface area contributed by atoms with Gasteiger partial charge in [-0.15, -0.1) is 5.10 Å². The van der Waals surface area contributed by atoms with E-state index in [1.54, 1.807) is 6.07 Å². The second-order valence-electron chi connectivity index (χ2n) is 6.48. The molecule has 0 bridgehead atoms. The molecule has 0 amide bonds. The van der Waals surface area contributed by atoms with Crippen molar-refractivity contribution in [3.05, 3.63) is 59.2 Å². The lowest BCUT2D eigenvalue weighted by Gasteiger charge is -2.28. The Morgan fingerprint density at radius 1 is 1.15 bits per heavy atom. The van der Waals surface area contributed by atoms with Crippen LogP contribution >= 0.6 is 0 Å². The molecule has 0 spiro atoms. The second-order valence-corrected chi connectivity index (χ2v) is 6.48. The van der Waals surface area contributed by atoms with Gasteiger partial charge >= 0.3 is 0 Å². The van der Waals surface area contributed by atoms with Crippen LogP contribution in [0.4, 0.5) is 0 Å². The predicted molar refractivity (Wildman–Crippen MR) is 97.8 cm³/mol. The third-order valence-electron chi connectivity index (χ3n) is 4.74. The number of aromatic hydroxyl groups is 2. The van der Waals surface area contributed by atoms with E-state index < -0.39 is 11.8 Å². The normalized spacial score (nSPS) is 18.4. The van der Waals surface area contributed by atoms with Crippen molar-refractivity contribution < 1.29 is 14.9 Å². The average Bonchev–Trinajstić information content (AvgIpc) is 3.07. The Morgan fingerprint density at radius 3 is 2.56 bits per heavy atom. The Balaban J connectivity index is 1.94. The lowest BCUT2D eigenvalue weighted by molar-refractivity contribution is 0.401. The summed E-state index contributed by atoms with van der Waals surface area (Å²) in [6, 6.07) is 14.3. The molecule has 27 heavy (non-hydrogen) atoms. The van der Waals surface area contributed by atoms with E-state index in [0.717, 1.165) is 11.1 Å². The fraction of sp³-hybridized carbons (Fsp3) is 0.150. The summed E-state index contributed by atoms with van der Waals surface area (Å²) in [5.41, 5.74) is 3.90. The zero-order valence-corrected chi connectivity index (χ0v) is 14.4. The fourth-order valence-corrected chi connectivity index (χ4v) is 3.35. The molecule has 134 valence electrons. The van der Waals surface area contributed by atoms with Crippen LogP contribution in [0.2, 0.25) is 0 Å². The number of phenolic OH excluding ortho intramolecular Hbond substituents is 2. The number of aryl methyl sites for hydroxylation is 1. The first kappa shape index (κ1) is 16.7. The van der Waals surface area contributed by atoms with E-state index in [2.05, 4.69) is 16.3 Å². The number of H-pyrrole nitrogens is 1. The number of nitrogens with one attached hydrogen (secondary N) is 2. The summed E-state index contributed by atoms with van der Waals surface area (Å²) in [7, 11) is 0. The van der Waals surface area contributed by atoms with Crippen LogP contribution in [0.15, 0.2) is 42.5 Å². The third-order valence-corrected chi connectivity index (χ3v) is 4.74. The van der Waals surface area contributed by atoms with Crippen LogP contribution in [0.25, 0.3) is 11.3 Å². The molecule has 0 aliphatic carbocycles. The van der Waals surface area contributed by atoms with Crippen molar-refractivity contribution in [2.24, 2.45) is 5.92 Å². The quantitative estimate of drug-likeness (QED) is 0.521. The number of aromatic nitrogens is 2. The van der Waals surface area contributed by atoms with Gasteiger partial charge in [0.1, 0.15) is 5.92 Å². The topological polar surface area (TPSA) is 126 Å². The monoisotopic (exact) mass is 360 g/mol. The van der Waals surface area contributed by atoms with E-state index in [1.807, 2.05) is 31.2 Å². The van der Waals surface area contributed by atoms with Crippen molar-refractivity contribution >= 4 is 5.90 Å². The number of nitrogens with zero attached hydrogens (tertiary/aromatic N) is 2. The first-order valence-electron chi connectivity index (χ1n) is 8.32. The van der Waals surface area contributed by atoms with Gasteiger partial charge in [-0.25, -0.2) is 0 Å². The summed E-state index contributed by atoms with van der Waals surface area (Å²) in [5, 5.41) is 44.4. The van der Waals surface area contributed by atoms with E-state index >= 15 is 0 Å². The van der Waals surface area contributed by atoms with Gasteiger partial charge in [-0.05, 0) is 30.2 Å². The van der Waals surface area contributed by atoms with Gasteiger partial charge in [-0.2, -0.15) is 5.26 Å². The number of fused-ring (bicyclic) bond motifs is 1. The van der Waals surface area contributed by atoms with Gasteiger partial charge < -0.3 is 14.9 Å². The summed E-state index contributed by atoms with van der Waals surface area (Å²) in [6.07, 6.45) is 0. The van der Waals surface area contributed by atoms with Crippen molar-refractivity contribution in [1.82, 2.24) is 10.2 Å². The van der Waals surface area contributed by atoms with Crippen LogP contribution in [-0.4, -0.2) is 26.3 Å². The lowest BCUT2D eigenvalue weighted by Crippen LogP contribution is -2.30. The van der Waals surface area contributed by atoms with Gasteiger partial charge in [0.2, 0.25) is 11.8 Å². The molecule has 1 aliphatic rings. The molecule has 1 aromatic heterocycles. The molecule has 2 heterocycles. The van der Waals surface area contributed by atoms with E-state index in [1.165, 1.54) is 12.1 Å². The molecule has 0 saturated heterocycles. The Hall–Kier alpha value is -3.79. The largest absolute Gasteiger partial charge is 0.504 e. The van der Waals surface area contributed by atoms with Crippen LogP contribution < -0.4 is 4.74 Å². The number of aromatic amines is 1. The van der Waals surface area contributed by atoms with Gasteiger partial charge in [-0.1, -0.05) is 35.9 Å². The predicted octanol–water partition coefficient (Wildman–Crippen LogP) is 3.44. The molecular formula is C20H16N4O3. The number of rotatable bonds is 2. The minimum absolute atomic E-state index is 0.204. The van der Waals surface area contributed by atoms with Crippen LogP contribution in [0, 0.1) is 29.6 Å². The number of ether oxygens (including phenoxy) is 1. The van der Waals surface area contributed by atoms with E-state index in [9.17, 15) is 15.5 Å². The molecule has 3 aromatic rings. The Kier molecular flexibility index (Phi) is 3.81. The highest BCUT2D eigenvalue weighted by Gasteiger charge is 2.41. The van der Waals surface area contributed by atoms with Crippen molar-refractivity contribution in [3.8, 4) is 34.7 Å². The van der Waals surface area contributed by atoms with Crippen molar-refractivity contribution in [2.45, 2.75) is 12.8 Å². The summed E-state index contributed by atoms with van der Waals surface area (Å²) in [6.45, 7) is 1.99. The highest BCUT2D eigenvalue weighted by Crippen LogP contribution is 2.46. The third kappa shape index (κ3) is 2.68. The molecule has 0 saturated carbocycles. The minimum Gasteiger partial charge on any atom is -0.504 e. The minimum atomic E-state index is -0.886. The zero-order valence-electron chi connectivity index (χ0n) is 14.4. The van der Waals surface area contributed by atoms with Gasteiger partial charge in [0, 0.05) is 5.92 Å². The number of hydrogen-bond donors (Lipinski definition) is 4. The molecule has 7 nitrogen and oxygen atoms in total. The summed E-state index contributed by atoms with van der Waals surface area (Å²) in [5.74, 6) is -1.97. The molecule has 2 atom stereocenters. The number of nitriles is 1. The maximum absolute atomic E-state index is 9.93. The molecule has 7 heteroatoms. The summed E-state index contributed by atoms with van der Waals surface area (Å²) in [4.78, 5) is 0. The van der Waals surface area contributed by atoms with Crippen molar-refractivity contribution in [1.29, 1.82) is 10.7 Å². The van der Waals surface area contributed by atoms with Crippen molar-refractivity contribution in [3.63, 3.8) is 0 Å². The smallest absolute Gasteiger partial charge is 0.244 e. The van der Waals surface area contributed by atoms with E-state index in [0.29, 0.717) is 16.8 Å². The maximum Gasteiger partial charge on any atom is 0.244 e. The summed E-state index contributed by atoms with van der Waals surface area (Å²) < 4.78 is 5.47. The van der Waals surface area contributed by atoms with Crippen LogP contribution in [0.5, 0.6) is 17.4 Å². The molecule has 0 fully saturated rings. The zero-order chi connectivity index (χ0) is 19.1. The van der Waals surface area contributed by atoms with Gasteiger partial charge in [0.25, 0.3) is 0 Å². The standard InChI is InChI=1S/C20H16N4O3/c1-10-2-4-11(5-3-10)18-17-16(12-6-7-14(25)15(26)8-12)13(9-21)19(22)27-20(17)24-23-18/h2-8,13,16,22,25-26H,1H3,(H,23,24). The lowest BCUT2D eigenvalue weighted by atomic mass is 9.78. The summed E-state index contributed by atoms with van der Waals surface area (Å²) >= 11 is 0. The number of hydrogen-bond acceptors (Lipinski definition) is 6. The van der Waals surface area contributed by atoms with Gasteiger partial charge in [0.05, 0.1) is 17.3 Å². The Labute approximate surface area is 155 Å². The molecule has 4 N–H and O–H groups in total. The molecular weight excluding hydrogens is 344 g/mol. The molecule has 1 aliphatic heterocycles. The van der Waals surface area contributed by atoms with Crippen LogP contribution in [-0.2, 0) is 0 Å². The molecule has 2 unspecified atom stereocenters. The Bertz CT molecular complexity index is 1080. The highest BCUT2D eigenvalue weighted by atomic mass is 16.5. The van der Waals surface area contributed by atoms with Crippen LogP contribution in [0.3, 0.4) is 0 Å². The maximum atomic E-state index is 9.93. The van der Waals surface area contributed by atoms with Crippen LogP contribution in [0.1, 0.15) is 22.6 Å². The van der Waals surface area contributed by atoms with E-state index in [4.69, 9.17) is 10.1 Å². The molecule has 0 radical (unpaired) electrons. The van der Waals surface area contributed by atoms with Gasteiger partial charge in [-0.3, -0.25) is 10.5 Å². The van der Waals surface area contributed by atoms with Gasteiger partial charge in [0.15, 0.2) is 11.5 Å². The molecule has 2 aromatic carbocycles. The molecule has 4 rings (SSSR count). The number of phenols is 2. The Morgan fingerprint density at radius 2 is 1.89 bits per heavy atom. The second kappa shape index (κ2) is 6.18. The SMILES string of the molecule is Cc1ccc(-c2[nH]nc3c2C(c2ccc(O)c(O)c2)C(C#N)C(=N)O3)cc1. The first-order chi connectivity index (χ1) is 13.0. The fourth-order valence-electron chi connectivity index (χ4n) is 3.35. The number of benzene rings is 2. The average molecular weight is 360 g/mol. The highest BCUT2D eigenvalue weighted by molar-refractivity contribution is 5.86.